The van der Waals surface area contributed by atoms with Crippen LogP contribution in [0.1, 0.15) is 60.6 Å². The number of carbonyl (C=O) groups excluding carboxylic acids is 1. The second-order valence-corrected chi connectivity index (χ2v) is 5.76. The average Bonchev–Trinajstić information content (AvgIpc) is 2.53. The zero-order chi connectivity index (χ0) is 15.9. The third kappa shape index (κ3) is 3.97. The molecule has 0 atom stereocenters. The molecule has 1 aliphatic rings. The van der Waals surface area contributed by atoms with Crippen molar-refractivity contribution in [1.82, 2.24) is 10.3 Å². The van der Waals surface area contributed by atoms with Crippen molar-refractivity contribution >= 4 is 5.91 Å². The van der Waals surface area contributed by atoms with Gasteiger partial charge in [-0.05, 0) is 44.2 Å². The van der Waals surface area contributed by atoms with Gasteiger partial charge in [0.25, 0.3) is 5.91 Å². The fraction of sp³-hybridized carbons (Fsp3) is 0.588. The van der Waals surface area contributed by atoms with Crippen LogP contribution in [0.2, 0.25) is 0 Å². The van der Waals surface area contributed by atoms with Crippen molar-refractivity contribution in [3.63, 3.8) is 0 Å². The van der Waals surface area contributed by atoms with E-state index in [-0.39, 0.29) is 11.8 Å². The summed E-state index contributed by atoms with van der Waals surface area (Å²) in [5, 5.41) is 12.1. The van der Waals surface area contributed by atoms with E-state index in [1.807, 2.05) is 6.92 Å². The third-order valence-corrected chi connectivity index (χ3v) is 4.08. The number of carbonyl (C=O) groups is 1. The lowest BCUT2D eigenvalue weighted by Gasteiger charge is -2.21. The van der Waals surface area contributed by atoms with E-state index in [4.69, 9.17) is 10.00 Å². The summed E-state index contributed by atoms with van der Waals surface area (Å²) in [4.78, 5) is 16.5. The van der Waals surface area contributed by atoms with E-state index in [0.29, 0.717) is 35.9 Å². The van der Waals surface area contributed by atoms with Crippen LogP contribution < -0.4 is 10.1 Å². The largest absolute Gasteiger partial charge is 0.477 e. The van der Waals surface area contributed by atoms with Crippen molar-refractivity contribution < 1.29 is 9.53 Å². The predicted molar refractivity (Wildman–Crippen MR) is 83.8 cm³/mol. The molecule has 2 rings (SSSR count). The number of pyridine rings is 1. The molecule has 0 spiro atoms. The van der Waals surface area contributed by atoms with Crippen LogP contribution in [0.15, 0.2) is 6.07 Å². The minimum Gasteiger partial charge on any atom is -0.477 e. The Labute approximate surface area is 131 Å². The Morgan fingerprint density at radius 2 is 2.18 bits per heavy atom. The zero-order valence-corrected chi connectivity index (χ0v) is 13.3. The smallest absolute Gasteiger partial charge is 0.270 e. The van der Waals surface area contributed by atoms with Gasteiger partial charge in [-0.1, -0.05) is 19.3 Å². The van der Waals surface area contributed by atoms with Crippen LogP contribution >= 0.6 is 0 Å². The van der Waals surface area contributed by atoms with Crippen LogP contribution in [0.4, 0.5) is 0 Å². The van der Waals surface area contributed by atoms with Gasteiger partial charge in [-0.2, -0.15) is 5.26 Å². The van der Waals surface area contributed by atoms with Crippen LogP contribution in [0.25, 0.3) is 0 Å². The van der Waals surface area contributed by atoms with Crippen molar-refractivity contribution in [3.8, 4) is 11.9 Å². The normalized spacial score (nSPS) is 15.1. The number of ether oxygens (including phenoxy) is 1. The lowest BCUT2D eigenvalue weighted by molar-refractivity contribution is 0.0937. The summed E-state index contributed by atoms with van der Waals surface area (Å²) in [6.45, 7) is 4.73. The number of hydrogen-bond acceptors (Lipinski definition) is 4. The van der Waals surface area contributed by atoms with Gasteiger partial charge in [-0.3, -0.25) is 4.79 Å². The van der Waals surface area contributed by atoms with Crippen LogP contribution in [0.5, 0.6) is 5.88 Å². The summed E-state index contributed by atoms with van der Waals surface area (Å²) in [5.41, 5.74) is 1.42. The highest BCUT2D eigenvalue weighted by Crippen LogP contribution is 2.23. The lowest BCUT2D eigenvalue weighted by atomic mass is 9.89. The number of hydrogen-bond donors (Lipinski definition) is 1. The number of rotatable bonds is 5. The number of aromatic nitrogens is 1. The number of amides is 1. The molecule has 1 saturated carbocycles. The monoisotopic (exact) mass is 301 g/mol. The Kier molecular flexibility index (Phi) is 5.76. The Morgan fingerprint density at radius 3 is 2.82 bits per heavy atom. The third-order valence-electron chi connectivity index (χ3n) is 4.08. The topological polar surface area (TPSA) is 75.0 Å². The second-order valence-electron chi connectivity index (χ2n) is 5.76. The van der Waals surface area contributed by atoms with Gasteiger partial charge in [0.15, 0.2) is 0 Å². The van der Waals surface area contributed by atoms with Gasteiger partial charge in [0, 0.05) is 6.54 Å². The predicted octanol–water partition coefficient (Wildman–Crippen LogP) is 2.97. The molecule has 0 aromatic carbocycles. The summed E-state index contributed by atoms with van der Waals surface area (Å²) in [7, 11) is 0. The van der Waals surface area contributed by atoms with E-state index in [1.165, 1.54) is 32.1 Å². The van der Waals surface area contributed by atoms with Gasteiger partial charge in [0.2, 0.25) is 5.88 Å². The van der Waals surface area contributed by atoms with Gasteiger partial charge in [0.1, 0.15) is 17.3 Å². The standard InChI is InChI=1S/C17H23N3O2/c1-3-22-17-14(10-18)12(2)9-15(20-17)16(21)19-11-13-7-5-4-6-8-13/h9,13H,3-8,11H2,1-2H3,(H,19,21). The van der Waals surface area contributed by atoms with Crippen molar-refractivity contribution in [2.45, 2.75) is 46.0 Å². The highest BCUT2D eigenvalue weighted by Gasteiger charge is 2.18. The van der Waals surface area contributed by atoms with Crippen molar-refractivity contribution in [1.29, 1.82) is 5.26 Å². The summed E-state index contributed by atoms with van der Waals surface area (Å²) < 4.78 is 5.38. The number of nitrogens with zero attached hydrogens (tertiary/aromatic N) is 2. The fourth-order valence-electron chi connectivity index (χ4n) is 2.86. The maximum Gasteiger partial charge on any atom is 0.270 e. The van der Waals surface area contributed by atoms with Crippen LogP contribution in [0, 0.1) is 24.2 Å². The molecular weight excluding hydrogens is 278 g/mol. The molecule has 1 aliphatic carbocycles. The Balaban J connectivity index is 2.07. The van der Waals surface area contributed by atoms with Crippen molar-refractivity contribution in [2.75, 3.05) is 13.2 Å². The molecule has 22 heavy (non-hydrogen) atoms. The summed E-state index contributed by atoms with van der Waals surface area (Å²) in [5.74, 6) is 0.621. The number of nitrogens with one attached hydrogen (secondary N) is 1. The second kappa shape index (κ2) is 7.79. The van der Waals surface area contributed by atoms with Gasteiger partial charge in [-0.25, -0.2) is 4.98 Å². The highest BCUT2D eigenvalue weighted by atomic mass is 16.5. The van der Waals surface area contributed by atoms with Crippen molar-refractivity contribution in [3.05, 3.63) is 22.9 Å². The van der Waals surface area contributed by atoms with Gasteiger partial charge < -0.3 is 10.1 Å². The molecule has 0 saturated heterocycles. The Bertz CT molecular complexity index is 572. The summed E-state index contributed by atoms with van der Waals surface area (Å²) in [6.07, 6.45) is 6.18. The molecule has 0 aliphatic heterocycles. The quantitative estimate of drug-likeness (QED) is 0.907. The molecule has 1 heterocycles. The Morgan fingerprint density at radius 1 is 1.45 bits per heavy atom. The lowest BCUT2D eigenvalue weighted by Crippen LogP contribution is -2.31. The van der Waals surface area contributed by atoms with E-state index >= 15 is 0 Å². The van der Waals surface area contributed by atoms with E-state index in [0.717, 1.165) is 0 Å². The number of nitriles is 1. The molecule has 5 nitrogen and oxygen atoms in total. The molecule has 0 radical (unpaired) electrons. The molecular formula is C17H23N3O2. The fourth-order valence-corrected chi connectivity index (χ4v) is 2.86. The molecule has 1 N–H and O–H groups in total. The highest BCUT2D eigenvalue weighted by molar-refractivity contribution is 5.92. The average molecular weight is 301 g/mol. The first kappa shape index (κ1) is 16.3. The summed E-state index contributed by atoms with van der Waals surface area (Å²) >= 11 is 0. The van der Waals surface area contributed by atoms with E-state index in [9.17, 15) is 4.79 Å². The molecule has 0 unspecified atom stereocenters. The SMILES string of the molecule is CCOc1nc(C(=O)NCC2CCCCC2)cc(C)c1C#N. The molecule has 1 amide bonds. The first-order valence-corrected chi connectivity index (χ1v) is 7.98. The van der Waals surface area contributed by atoms with E-state index in [1.54, 1.807) is 13.0 Å². The van der Waals surface area contributed by atoms with Crippen LogP contribution in [-0.2, 0) is 0 Å². The van der Waals surface area contributed by atoms with Crippen LogP contribution in [0.3, 0.4) is 0 Å². The van der Waals surface area contributed by atoms with Gasteiger partial charge in [-0.15, -0.1) is 0 Å². The maximum absolute atomic E-state index is 12.3. The first-order valence-electron chi connectivity index (χ1n) is 7.98. The minimum absolute atomic E-state index is 0.195. The molecule has 1 aromatic rings. The van der Waals surface area contributed by atoms with Gasteiger partial charge in [0.05, 0.1) is 6.61 Å². The maximum atomic E-state index is 12.3. The molecule has 1 aromatic heterocycles. The van der Waals surface area contributed by atoms with Gasteiger partial charge >= 0.3 is 0 Å². The first-order chi connectivity index (χ1) is 10.7. The van der Waals surface area contributed by atoms with E-state index in [2.05, 4.69) is 16.4 Å². The molecule has 118 valence electrons. The minimum atomic E-state index is -0.195. The van der Waals surface area contributed by atoms with Crippen molar-refractivity contribution in [2.24, 2.45) is 5.92 Å². The number of aryl methyl sites for hydroxylation is 1. The molecule has 1 fully saturated rings. The molecule has 0 bridgehead atoms. The molecule has 5 heteroatoms. The summed E-state index contributed by atoms with van der Waals surface area (Å²) in [6, 6.07) is 3.73. The Hall–Kier alpha value is -2.09. The van der Waals surface area contributed by atoms with Crippen LogP contribution in [-0.4, -0.2) is 24.0 Å². The van der Waals surface area contributed by atoms with E-state index < -0.39 is 0 Å². The zero-order valence-electron chi connectivity index (χ0n) is 13.3.